The van der Waals surface area contributed by atoms with Gasteiger partial charge in [0, 0.05) is 87.9 Å². The van der Waals surface area contributed by atoms with Crippen LogP contribution in [0.3, 0.4) is 0 Å². The van der Waals surface area contributed by atoms with Crippen LogP contribution >= 0.6 is 0 Å². The Morgan fingerprint density at radius 2 is 0.519 bits per heavy atom. The second kappa shape index (κ2) is 25.4. The molecule has 504 valence electrons. The van der Waals surface area contributed by atoms with Gasteiger partial charge in [-0.25, -0.2) is 0 Å². The summed E-state index contributed by atoms with van der Waals surface area (Å²) in [6, 6.07) is 133. The predicted octanol–water partition coefficient (Wildman–Crippen LogP) is 15.7. The van der Waals surface area contributed by atoms with E-state index in [0.29, 0.717) is 0 Å². The number of para-hydroxylation sites is 9. The Morgan fingerprint density at radius 3 is 1.06 bits per heavy atom. The fraction of sp³-hybridized carbons (Fsp3) is 0.0400. The molecule has 16 aromatic carbocycles. The molecule has 108 heavy (non-hydrogen) atoms. The van der Waals surface area contributed by atoms with Crippen molar-refractivity contribution in [2.75, 3.05) is 0 Å². The summed E-state index contributed by atoms with van der Waals surface area (Å²) in [6.45, 7) is 9.87. The molecule has 8 heteroatoms. The molecule has 0 atom stereocenters. The van der Waals surface area contributed by atoms with Crippen LogP contribution in [-0.2, 0) is 0 Å². The highest BCUT2D eigenvalue weighted by molar-refractivity contribution is 7.00. The van der Waals surface area contributed by atoms with Gasteiger partial charge in [-0.1, -0.05) is 343 Å². The zero-order valence-corrected chi connectivity index (χ0v) is 60.7. The van der Waals surface area contributed by atoms with Crippen molar-refractivity contribution < 1.29 is 0 Å². The summed E-state index contributed by atoms with van der Waals surface area (Å²) in [5, 5.41) is 10.8. The number of aromatic nitrogens is 4. The Kier molecular flexibility index (Phi) is 14.9. The van der Waals surface area contributed by atoms with E-state index in [0.717, 1.165) is 0 Å². The second-order valence-corrected chi connectivity index (χ2v) is 29.9. The van der Waals surface area contributed by atoms with Crippen LogP contribution in [-0.4, -0.2) is 45.1 Å². The molecule has 4 aliphatic rings. The average molecular weight is 1370 g/mol. The first kappa shape index (κ1) is 63.5. The van der Waals surface area contributed by atoms with E-state index in [9.17, 15) is 0 Å². The van der Waals surface area contributed by atoms with E-state index in [1.54, 1.807) is 0 Å². The number of nitrogens with zero attached hydrogens (tertiary/aromatic N) is 4. The summed E-state index contributed by atoms with van der Waals surface area (Å²) in [7, 11) is 0. The molecule has 4 aliphatic heterocycles. The average Bonchev–Trinajstić information content (AvgIpc) is 1.55. The van der Waals surface area contributed by atoms with Gasteiger partial charge in [-0.15, -0.1) is 0 Å². The SMILES string of the molecule is Cc1ccc2c(c1)-n1c3ccccc3c3cccc(c31)B2c1ccccc1.Cc1ccc2c(c1)c1cccc3c1n2-c1ccccc1B3c1ccccc1.Cc1cccc2c1-n1c3ccccc3c3cccc(c31)B2c1ccccc1.Cc1cccc2c1c1cccc3c1n2-c1ccccc1B3c1ccccc1. The second-order valence-electron chi connectivity index (χ2n) is 29.9. The first-order valence-corrected chi connectivity index (χ1v) is 38.0. The van der Waals surface area contributed by atoms with Crippen LogP contribution in [0.5, 0.6) is 0 Å². The summed E-state index contributed by atoms with van der Waals surface area (Å²) < 4.78 is 9.90. The molecule has 0 saturated carbocycles. The van der Waals surface area contributed by atoms with Gasteiger partial charge < -0.3 is 18.3 Å². The lowest BCUT2D eigenvalue weighted by Crippen LogP contribution is -2.56. The third kappa shape index (κ3) is 9.69. The summed E-state index contributed by atoms with van der Waals surface area (Å²) in [4.78, 5) is 0. The van der Waals surface area contributed by atoms with Gasteiger partial charge >= 0.3 is 0 Å². The Bertz CT molecular complexity index is 7010. The lowest BCUT2D eigenvalue weighted by atomic mass is 9.35. The maximum atomic E-state index is 2.49. The quantitative estimate of drug-likeness (QED) is 0.157. The smallest absolute Gasteiger partial charge is 0.246 e. The van der Waals surface area contributed by atoms with Crippen LogP contribution in [0.4, 0.5) is 0 Å². The third-order valence-electron chi connectivity index (χ3n) is 23.8. The zero-order valence-electron chi connectivity index (χ0n) is 60.7. The summed E-state index contributed by atoms with van der Waals surface area (Å²) in [6.07, 6.45) is 0. The van der Waals surface area contributed by atoms with E-state index in [2.05, 4.69) is 410 Å². The summed E-state index contributed by atoms with van der Waals surface area (Å²) in [5.41, 5.74) is 37.6. The van der Waals surface area contributed by atoms with Crippen LogP contribution in [0, 0.1) is 27.7 Å². The topological polar surface area (TPSA) is 19.7 Å². The van der Waals surface area contributed by atoms with Gasteiger partial charge in [0.05, 0.1) is 22.1 Å². The van der Waals surface area contributed by atoms with E-state index in [1.165, 1.54) is 198 Å². The van der Waals surface area contributed by atoms with E-state index >= 15 is 0 Å². The van der Waals surface area contributed by atoms with Gasteiger partial charge in [-0.05, 0) is 137 Å². The molecular weight excluding hydrogens is 1300 g/mol. The maximum Gasteiger partial charge on any atom is 0.246 e. The van der Waals surface area contributed by atoms with Gasteiger partial charge in [0.2, 0.25) is 26.9 Å². The van der Waals surface area contributed by atoms with Crippen molar-refractivity contribution in [3.63, 3.8) is 0 Å². The van der Waals surface area contributed by atoms with Gasteiger partial charge in [0.25, 0.3) is 0 Å². The minimum Gasteiger partial charge on any atom is -0.310 e. The fourth-order valence-corrected chi connectivity index (χ4v) is 19.4. The molecule has 4 nitrogen and oxygen atoms in total. The van der Waals surface area contributed by atoms with Crippen LogP contribution in [0.25, 0.3) is 110 Å². The molecule has 0 N–H and O–H groups in total. The molecule has 0 aliphatic carbocycles. The molecule has 0 bridgehead atoms. The van der Waals surface area contributed by atoms with Crippen molar-refractivity contribution in [1.29, 1.82) is 0 Å². The van der Waals surface area contributed by atoms with Crippen LogP contribution in [0.1, 0.15) is 22.3 Å². The number of fused-ring (bicyclic) bond motifs is 20. The molecule has 0 saturated heterocycles. The largest absolute Gasteiger partial charge is 0.310 e. The minimum absolute atomic E-state index is 0.265. The van der Waals surface area contributed by atoms with Gasteiger partial charge in [0.15, 0.2) is 0 Å². The number of hydrogen-bond acceptors (Lipinski definition) is 0. The van der Waals surface area contributed by atoms with E-state index in [4.69, 9.17) is 0 Å². The molecule has 0 radical (unpaired) electrons. The Balaban J connectivity index is 0.0000000919. The number of hydrogen-bond donors (Lipinski definition) is 0. The molecule has 24 rings (SSSR count). The van der Waals surface area contributed by atoms with E-state index < -0.39 is 0 Å². The highest BCUT2D eigenvalue weighted by atomic mass is 15.0. The van der Waals surface area contributed by atoms with Crippen molar-refractivity contribution in [2.45, 2.75) is 27.7 Å². The highest BCUT2D eigenvalue weighted by Gasteiger charge is 2.38. The lowest BCUT2D eigenvalue weighted by Gasteiger charge is -2.28. The summed E-state index contributed by atoms with van der Waals surface area (Å²) in [5.74, 6) is 0. The minimum atomic E-state index is 0.265. The molecule has 4 aromatic heterocycles. The molecule has 0 unspecified atom stereocenters. The number of benzene rings is 16. The Labute approximate surface area is 630 Å². The lowest BCUT2D eigenvalue weighted by molar-refractivity contribution is 1.16. The molecule has 0 fully saturated rings. The van der Waals surface area contributed by atoms with E-state index in [-0.39, 0.29) is 26.9 Å². The highest BCUT2D eigenvalue weighted by Crippen LogP contribution is 2.39. The van der Waals surface area contributed by atoms with Crippen LogP contribution < -0.4 is 65.6 Å². The Morgan fingerprint density at radius 1 is 0.194 bits per heavy atom. The zero-order chi connectivity index (χ0) is 71.8. The molecule has 0 spiro atoms. The van der Waals surface area contributed by atoms with Crippen LogP contribution in [0.15, 0.2) is 364 Å². The van der Waals surface area contributed by atoms with E-state index in [1.807, 2.05) is 0 Å². The molecule has 0 amide bonds. The first-order valence-electron chi connectivity index (χ1n) is 38.0. The summed E-state index contributed by atoms with van der Waals surface area (Å²) >= 11 is 0. The van der Waals surface area contributed by atoms with Crippen LogP contribution in [0.2, 0.25) is 0 Å². The molecular formula is C100H72B4N4. The number of rotatable bonds is 4. The van der Waals surface area contributed by atoms with Crippen molar-refractivity contribution >= 4 is 180 Å². The van der Waals surface area contributed by atoms with Crippen molar-refractivity contribution in [1.82, 2.24) is 18.3 Å². The molecule has 8 heterocycles. The van der Waals surface area contributed by atoms with Crippen molar-refractivity contribution in [3.05, 3.63) is 386 Å². The molecule has 20 aromatic rings. The first-order chi connectivity index (χ1) is 53.3. The van der Waals surface area contributed by atoms with Gasteiger partial charge in [-0.3, -0.25) is 0 Å². The van der Waals surface area contributed by atoms with Gasteiger partial charge in [-0.2, -0.15) is 0 Å². The van der Waals surface area contributed by atoms with Crippen molar-refractivity contribution in [3.8, 4) is 22.7 Å². The number of aryl methyl sites for hydroxylation is 4. The fourth-order valence-electron chi connectivity index (χ4n) is 19.4. The Hall–Kier alpha value is -13.0. The standard InChI is InChI=1S/4C25H18BN/c1-17-9-7-16-23-24(17)19-12-8-14-21-25(19)27(23)22-15-6-5-13-20(22)26(21)18-10-3-2-4-11-18;1-17-9-7-14-21-24(17)27-23-16-6-5-12-19(23)20-13-8-15-22(25(20)27)26(21)18-10-3-2-4-11-18;1-17-14-15-23-20(16-17)19-10-7-12-22-25(19)27(23)24-13-6-5-11-21(24)26(22)18-8-3-2-4-9-18;1-17-14-15-21-24(16-17)27-23-13-6-5-10-19(23)20-11-7-12-22(25(20)27)26(21)18-8-3-2-4-9-18/h4*2-16H,1H3. The monoisotopic (exact) mass is 1370 g/mol. The third-order valence-corrected chi connectivity index (χ3v) is 23.8. The maximum absolute atomic E-state index is 2.49. The van der Waals surface area contributed by atoms with Crippen molar-refractivity contribution in [2.24, 2.45) is 0 Å². The predicted molar refractivity (Wildman–Crippen MR) is 466 cm³/mol. The normalized spacial score (nSPS) is 12.6. The van der Waals surface area contributed by atoms with Gasteiger partial charge in [0.1, 0.15) is 0 Å².